The lowest BCUT2D eigenvalue weighted by Gasteiger charge is -2.10. The van der Waals surface area contributed by atoms with Gasteiger partial charge in [0, 0.05) is 18.8 Å². The zero-order valence-corrected chi connectivity index (χ0v) is 15.6. The molecule has 2 aromatic carbocycles. The van der Waals surface area contributed by atoms with Crippen molar-refractivity contribution in [2.24, 2.45) is 0 Å². The minimum atomic E-state index is -0.440. The van der Waals surface area contributed by atoms with Crippen molar-refractivity contribution in [1.82, 2.24) is 9.78 Å². The Morgan fingerprint density at radius 3 is 2.64 bits per heavy atom. The van der Waals surface area contributed by atoms with Crippen LogP contribution in [0, 0.1) is 23.2 Å². The van der Waals surface area contributed by atoms with E-state index in [9.17, 15) is 10.1 Å². The number of benzene rings is 2. The first-order valence-corrected chi connectivity index (χ1v) is 8.71. The average molecular weight is 370 g/mol. The lowest BCUT2D eigenvalue weighted by Crippen LogP contribution is -2.04. The Morgan fingerprint density at radius 2 is 1.96 bits per heavy atom. The second kappa shape index (κ2) is 8.57. The molecule has 1 heterocycles. The highest BCUT2D eigenvalue weighted by Crippen LogP contribution is 2.24. The van der Waals surface area contributed by atoms with Gasteiger partial charge in [0.05, 0.1) is 40.9 Å². The molecule has 1 N–H and O–H groups in total. The van der Waals surface area contributed by atoms with Gasteiger partial charge in [-0.2, -0.15) is 10.4 Å². The number of rotatable bonds is 4. The van der Waals surface area contributed by atoms with Crippen LogP contribution in [-0.4, -0.2) is 29.4 Å². The smallest absolute Gasteiger partial charge is 0.341 e. The molecule has 0 spiro atoms. The molecule has 0 fully saturated rings. The Kier molecular flexibility index (Phi) is 5.74. The molecule has 3 aromatic rings. The molecule has 6 heteroatoms. The Balaban J connectivity index is 2.05. The molecule has 0 atom stereocenters. The first kappa shape index (κ1) is 18.8. The molecule has 28 heavy (non-hydrogen) atoms. The van der Waals surface area contributed by atoms with Gasteiger partial charge in [-0.15, -0.1) is 0 Å². The van der Waals surface area contributed by atoms with Gasteiger partial charge < -0.3 is 10.1 Å². The zero-order chi connectivity index (χ0) is 19.9. The highest BCUT2D eigenvalue weighted by Gasteiger charge is 2.13. The van der Waals surface area contributed by atoms with E-state index in [-0.39, 0.29) is 0 Å². The summed E-state index contributed by atoms with van der Waals surface area (Å²) in [6.45, 7) is 2.04. The number of carbonyl (C=O) groups excluding carboxylic acids is 1. The van der Waals surface area contributed by atoms with E-state index in [1.165, 1.54) is 10.9 Å². The molecule has 3 rings (SSSR count). The summed E-state index contributed by atoms with van der Waals surface area (Å²) in [5.41, 5.74) is 3.59. The zero-order valence-electron chi connectivity index (χ0n) is 15.6. The van der Waals surface area contributed by atoms with Crippen LogP contribution < -0.4 is 5.32 Å². The van der Waals surface area contributed by atoms with Crippen LogP contribution in [-0.2, 0) is 4.74 Å². The number of ether oxygens (including phenoxy) is 1. The Labute approximate surface area is 163 Å². The predicted molar refractivity (Wildman–Crippen MR) is 106 cm³/mol. The molecule has 0 saturated carbocycles. The second-order valence-electron chi connectivity index (χ2n) is 5.79. The summed E-state index contributed by atoms with van der Waals surface area (Å²) in [7, 11) is 1.75. The van der Waals surface area contributed by atoms with Crippen LogP contribution in [0.2, 0.25) is 0 Å². The van der Waals surface area contributed by atoms with Crippen molar-refractivity contribution in [3.8, 4) is 23.6 Å². The number of anilines is 1. The van der Waals surface area contributed by atoms with E-state index in [0.29, 0.717) is 34.7 Å². The summed E-state index contributed by atoms with van der Waals surface area (Å²) < 4.78 is 6.52. The van der Waals surface area contributed by atoms with Crippen LogP contribution in [0.25, 0.3) is 5.69 Å². The maximum atomic E-state index is 11.9. The quantitative estimate of drug-likeness (QED) is 0.563. The molecular formula is C22H18N4O2. The van der Waals surface area contributed by atoms with Crippen LogP contribution in [0.1, 0.15) is 34.0 Å². The van der Waals surface area contributed by atoms with Crippen molar-refractivity contribution >= 4 is 11.7 Å². The number of esters is 1. The van der Waals surface area contributed by atoms with Crippen LogP contribution in [0.5, 0.6) is 0 Å². The molecule has 0 unspecified atom stereocenters. The predicted octanol–water partition coefficient (Wildman–Crippen LogP) is 3.36. The van der Waals surface area contributed by atoms with E-state index in [2.05, 4.69) is 28.3 Å². The maximum absolute atomic E-state index is 11.9. The topological polar surface area (TPSA) is 79.9 Å². The van der Waals surface area contributed by atoms with Crippen molar-refractivity contribution in [3.63, 3.8) is 0 Å². The third kappa shape index (κ3) is 4.03. The van der Waals surface area contributed by atoms with Gasteiger partial charge in [0.1, 0.15) is 6.07 Å². The highest BCUT2D eigenvalue weighted by molar-refractivity contribution is 5.88. The lowest BCUT2D eigenvalue weighted by atomic mass is 10.1. The molecular weight excluding hydrogens is 352 g/mol. The van der Waals surface area contributed by atoms with E-state index in [1.807, 2.05) is 36.4 Å². The molecule has 0 amide bonds. The van der Waals surface area contributed by atoms with Crippen molar-refractivity contribution in [1.29, 1.82) is 5.26 Å². The van der Waals surface area contributed by atoms with E-state index < -0.39 is 5.97 Å². The van der Waals surface area contributed by atoms with Gasteiger partial charge in [0.2, 0.25) is 0 Å². The molecule has 0 aliphatic heterocycles. The average Bonchev–Trinajstić information content (AvgIpc) is 3.23. The molecule has 0 bridgehead atoms. The fourth-order valence-corrected chi connectivity index (χ4v) is 2.66. The van der Waals surface area contributed by atoms with E-state index in [0.717, 1.165) is 5.56 Å². The van der Waals surface area contributed by atoms with Gasteiger partial charge in [0.15, 0.2) is 0 Å². The molecule has 0 aliphatic rings. The van der Waals surface area contributed by atoms with Gasteiger partial charge in [-0.3, -0.25) is 0 Å². The largest absolute Gasteiger partial charge is 0.462 e. The fourth-order valence-electron chi connectivity index (χ4n) is 2.66. The summed E-state index contributed by atoms with van der Waals surface area (Å²) in [5, 5.41) is 16.8. The molecule has 138 valence electrons. The Hall–Kier alpha value is -4.03. The van der Waals surface area contributed by atoms with Crippen molar-refractivity contribution in [2.45, 2.75) is 6.92 Å². The Morgan fingerprint density at radius 1 is 1.21 bits per heavy atom. The molecule has 1 aromatic heterocycles. The Bertz CT molecular complexity index is 1100. The number of hydrogen-bond acceptors (Lipinski definition) is 5. The summed E-state index contributed by atoms with van der Waals surface area (Å²) in [6.07, 6.45) is 3.01. The second-order valence-corrected chi connectivity index (χ2v) is 5.79. The van der Waals surface area contributed by atoms with Crippen LogP contribution >= 0.6 is 0 Å². The highest BCUT2D eigenvalue weighted by atomic mass is 16.5. The van der Waals surface area contributed by atoms with Gasteiger partial charge in [-0.25, -0.2) is 9.48 Å². The molecule has 6 nitrogen and oxygen atoms in total. The number of aromatic nitrogens is 2. The minimum Gasteiger partial charge on any atom is -0.462 e. The fraction of sp³-hybridized carbons (Fsp3) is 0.136. The van der Waals surface area contributed by atoms with Gasteiger partial charge in [0.25, 0.3) is 0 Å². The van der Waals surface area contributed by atoms with Crippen molar-refractivity contribution < 1.29 is 9.53 Å². The number of hydrogen-bond donors (Lipinski definition) is 1. The summed E-state index contributed by atoms with van der Waals surface area (Å²) in [5.74, 6) is 5.78. The van der Waals surface area contributed by atoms with Crippen LogP contribution in [0.4, 0.5) is 5.69 Å². The van der Waals surface area contributed by atoms with Crippen LogP contribution in [0.3, 0.4) is 0 Å². The van der Waals surface area contributed by atoms with E-state index in [4.69, 9.17) is 4.74 Å². The monoisotopic (exact) mass is 370 g/mol. The first-order valence-electron chi connectivity index (χ1n) is 8.71. The molecule has 0 saturated heterocycles. The standard InChI is InChI=1S/C22H18N4O2/c1-3-28-22(27)19-14-25-26(15-19)20-11-17(21(24-2)18(12-20)13-23)10-9-16-7-5-4-6-8-16/h4-8,11-12,14-15,24H,3H2,1-2H3. The van der Waals surface area contributed by atoms with E-state index >= 15 is 0 Å². The lowest BCUT2D eigenvalue weighted by molar-refractivity contribution is 0.0526. The summed E-state index contributed by atoms with van der Waals surface area (Å²) in [4.78, 5) is 11.9. The van der Waals surface area contributed by atoms with Crippen molar-refractivity contribution in [3.05, 3.63) is 77.1 Å². The number of nitrogens with zero attached hydrogens (tertiary/aromatic N) is 3. The van der Waals surface area contributed by atoms with Gasteiger partial charge in [-0.05, 0) is 31.2 Å². The third-order valence-corrected chi connectivity index (χ3v) is 3.97. The first-order chi connectivity index (χ1) is 13.7. The van der Waals surface area contributed by atoms with Crippen molar-refractivity contribution in [2.75, 3.05) is 19.0 Å². The molecule has 0 radical (unpaired) electrons. The number of nitrogens with one attached hydrogen (secondary N) is 1. The SMILES string of the molecule is CCOC(=O)c1cnn(-c2cc(C#N)c(NC)c(C#Cc3ccccc3)c2)c1. The normalized spacial score (nSPS) is 9.75. The maximum Gasteiger partial charge on any atom is 0.341 e. The number of nitriles is 1. The number of carbonyl (C=O) groups is 1. The van der Waals surface area contributed by atoms with Gasteiger partial charge in [-0.1, -0.05) is 30.0 Å². The summed E-state index contributed by atoms with van der Waals surface area (Å²) >= 11 is 0. The van der Waals surface area contributed by atoms with Gasteiger partial charge >= 0.3 is 5.97 Å². The third-order valence-electron chi connectivity index (χ3n) is 3.97. The summed E-state index contributed by atoms with van der Waals surface area (Å²) in [6, 6.07) is 15.3. The van der Waals surface area contributed by atoms with Crippen LogP contribution in [0.15, 0.2) is 54.9 Å². The van der Waals surface area contributed by atoms with E-state index in [1.54, 1.807) is 26.2 Å². The molecule has 0 aliphatic carbocycles. The minimum absolute atomic E-state index is 0.290.